The molecule has 4 heterocycles. The van der Waals surface area contributed by atoms with Gasteiger partial charge in [-0.15, -0.1) is 22.7 Å². The minimum atomic E-state index is -0.0830. The highest BCUT2D eigenvalue weighted by Gasteiger charge is 2.29. The fourth-order valence-corrected chi connectivity index (χ4v) is 5.48. The number of amides is 2. The Balaban J connectivity index is 1.34. The fraction of sp³-hybridized carbons (Fsp3) is 0.350. The first-order valence-corrected chi connectivity index (χ1v) is 11.3. The number of nitrogens with zero attached hydrogens (tertiary/aromatic N) is 2. The van der Waals surface area contributed by atoms with Crippen LogP contribution in [0.2, 0.25) is 4.34 Å². The molecule has 1 saturated heterocycles. The molecule has 1 aliphatic rings. The van der Waals surface area contributed by atoms with E-state index in [0.29, 0.717) is 41.7 Å². The minimum absolute atomic E-state index is 0.0108. The van der Waals surface area contributed by atoms with Crippen LogP contribution in [-0.2, 0) is 11.3 Å². The largest absolute Gasteiger partial charge is 0.467 e. The maximum atomic E-state index is 13.0. The molecule has 1 fully saturated rings. The van der Waals surface area contributed by atoms with Gasteiger partial charge in [-0.05, 0) is 44.0 Å². The molecule has 6 nitrogen and oxygen atoms in total. The standard InChI is InChI=1S/C20H20ClN3O3S2/c1-12-17(29-19(23-12)15-4-5-16(21)28-15)20(26)24-8-6-13(7-9-24)18(25)22-11-14-3-2-10-27-14/h2-5,10,13H,6-9,11H2,1H3,(H,22,25). The van der Waals surface area contributed by atoms with E-state index in [2.05, 4.69) is 10.3 Å². The van der Waals surface area contributed by atoms with Crippen molar-refractivity contribution < 1.29 is 14.0 Å². The number of furan rings is 1. The number of likely N-dealkylation sites (tertiary alicyclic amines) is 1. The third-order valence-electron chi connectivity index (χ3n) is 4.94. The summed E-state index contributed by atoms with van der Waals surface area (Å²) in [4.78, 5) is 33.4. The Hall–Kier alpha value is -2.16. The number of carbonyl (C=O) groups is 2. The highest BCUT2D eigenvalue weighted by molar-refractivity contribution is 7.24. The third-order valence-corrected chi connectivity index (χ3v) is 7.49. The summed E-state index contributed by atoms with van der Waals surface area (Å²) in [5.74, 6) is 0.650. The highest BCUT2D eigenvalue weighted by atomic mass is 35.5. The van der Waals surface area contributed by atoms with Crippen molar-refractivity contribution in [2.75, 3.05) is 13.1 Å². The number of nitrogens with one attached hydrogen (secondary N) is 1. The summed E-state index contributed by atoms with van der Waals surface area (Å²) in [6.45, 7) is 3.38. The molecule has 0 radical (unpaired) electrons. The summed E-state index contributed by atoms with van der Waals surface area (Å²) < 4.78 is 5.94. The predicted molar refractivity (Wildman–Crippen MR) is 114 cm³/mol. The molecule has 3 aromatic heterocycles. The maximum absolute atomic E-state index is 13.0. The van der Waals surface area contributed by atoms with Crippen LogP contribution in [0.1, 0.15) is 34.0 Å². The van der Waals surface area contributed by atoms with Crippen molar-refractivity contribution in [3.63, 3.8) is 0 Å². The van der Waals surface area contributed by atoms with E-state index < -0.39 is 0 Å². The first-order chi connectivity index (χ1) is 14.0. The Morgan fingerprint density at radius 2 is 2.07 bits per heavy atom. The Morgan fingerprint density at radius 3 is 2.72 bits per heavy atom. The lowest BCUT2D eigenvalue weighted by molar-refractivity contribution is -0.126. The smallest absolute Gasteiger partial charge is 0.265 e. The number of halogens is 1. The highest BCUT2D eigenvalue weighted by Crippen LogP contribution is 2.35. The van der Waals surface area contributed by atoms with Gasteiger partial charge in [0.05, 0.1) is 27.7 Å². The molecule has 29 heavy (non-hydrogen) atoms. The number of thiophene rings is 1. The van der Waals surface area contributed by atoms with Crippen LogP contribution >= 0.6 is 34.3 Å². The molecule has 4 rings (SSSR count). The van der Waals surface area contributed by atoms with Crippen molar-refractivity contribution in [2.24, 2.45) is 5.92 Å². The van der Waals surface area contributed by atoms with Crippen LogP contribution in [0.3, 0.4) is 0 Å². The van der Waals surface area contributed by atoms with Crippen LogP contribution in [0.25, 0.3) is 9.88 Å². The monoisotopic (exact) mass is 449 g/mol. The van der Waals surface area contributed by atoms with E-state index in [-0.39, 0.29) is 17.7 Å². The van der Waals surface area contributed by atoms with Crippen LogP contribution in [0.4, 0.5) is 0 Å². The fourth-order valence-electron chi connectivity index (χ4n) is 3.35. The Labute approximate surface area is 181 Å². The van der Waals surface area contributed by atoms with Crippen LogP contribution in [0.5, 0.6) is 0 Å². The van der Waals surface area contributed by atoms with Gasteiger partial charge in [-0.25, -0.2) is 4.98 Å². The van der Waals surface area contributed by atoms with Gasteiger partial charge in [0.25, 0.3) is 5.91 Å². The molecule has 1 N–H and O–H groups in total. The lowest BCUT2D eigenvalue weighted by Crippen LogP contribution is -2.42. The minimum Gasteiger partial charge on any atom is -0.467 e. The van der Waals surface area contributed by atoms with E-state index in [1.807, 2.05) is 30.0 Å². The molecule has 152 valence electrons. The van der Waals surface area contributed by atoms with Crippen molar-refractivity contribution in [3.8, 4) is 9.88 Å². The van der Waals surface area contributed by atoms with E-state index in [0.717, 1.165) is 21.3 Å². The molecule has 1 aliphatic heterocycles. The predicted octanol–water partition coefficient (Wildman–Crippen LogP) is 4.60. The molecule has 2 amide bonds. The number of carbonyl (C=O) groups excluding carboxylic acids is 2. The average molecular weight is 450 g/mol. The SMILES string of the molecule is Cc1nc(-c2ccc(Cl)s2)sc1C(=O)N1CCC(C(=O)NCc2ccco2)CC1. The second-order valence-electron chi connectivity index (χ2n) is 6.90. The van der Waals surface area contributed by atoms with Crippen molar-refractivity contribution in [1.82, 2.24) is 15.2 Å². The Bertz CT molecular complexity index is 1000. The molecule has 0 bridgehead atoms. The second kappa shape index (κ2) is 8.69. The van der Waals surface area contributed by atoms with Gasteiger partial charge in [0.2, 0.25) is 5.91 Å². The number of thiazole rings is 1. The van der Waals surface area contributed by atoms with Gasteiger partial charge in [0.1, 0.15) is 15.6 Å². The number of aromatic nitrogens is 1. The molecule has 3 aromatic rings. The van der Waals surface area contributed by atoms with Gasteiger partial charge >= 0.3 is 0 Å². The van der Waals surface area contributed by atoms with E-state index in [4.69, 9.17) is 16.0 Å². The summed E-state index contributed by atoms with van der Waals surface area (Å²) in [7, 11) is 0. The van der Waals surface area contributed by atoms with Crippen LogP contribution < -0.4 is 5.32 Å². The molecule has 0 atom stereocenters. The summed E-state index contributed by atoms with van der Waals surface area (Å²) in [6, 6.07) is 7.39. The molecule has 0 aliphatic carbocycles. The second-order valence-corrected chi connectivity index (χ2v) is 9.62. The van der Waals surface area contributed by atoms with Gasteiger partial charge in [-0.3, -0.25) is 9.59 Å². The van der Waals surface area contributed by atoms with E-state index in [1.54, 1.807) is 12.3 Å². The zero-order valence-electron chi connectivity index (χ0n) is 15.8. The van der Waals surface area contributed by atoms with E-state index in [9.17, 15) is 9.59 Å². The number of rotatable bonds is 5. The number of aryl methyl sites for hydroxylation is 1. The maximum Gasteiger partial charge on any atom is 0.265 e. The molecule has 0 unspecified atom stereocenters. The number of hydrogen-bond donors (Lipinski definition) is 1. The zero-order chi connectivity index (χ0) is 20.4. The molecule has 9 heteroatoms. The van der Waals surface area contributed by atoms with Crippen molar-refractivity contribution in [3.05, 3.63) is 51.2 Å². The van der Waals surface area contributed by atoms with Gasteiger partial charge in [-0.1, -0.05) is 11.6 Å². The Morgan fingerprint density at radius 1 is 1.28 bits per heavy atom. The summed E-state index contributed by atoms with van der Waals surface area (Å²) in [6.07, 6.45) is 2.90. The third kappa shape index (κ3) is 4.55. The van der Waals surface area contributed by atoms with E-state index >= 15 is 0 Å². The van der Waals surface area contributed by atoms with Crippen LogP contribution in [-0.4, -0.2) is 34.8 Å². The van der Waals surface area contributed by atoms with Crippen molar-refractivity contribution in [1.29, 1.82) is 0 Å². The van der Waals surface area contributed by atoms with Crippen LogP contribution in [0, 0.1) is 12.8 Å². The number of piperidine rings is 1. The summed E-state index contributed by atoms with van der Waals surface area (Å²) >= 11 is 8.87. The van der Waals surface area contributed by atoms with Gasteiger partial charge < -0.3 is 14.6 Å². The van der Waals surface area contributed by atoms with Crippen molar-refractivity contribution in [2.45, 2.75) is 26.3 Å². The first-order valence-electron chi connectivity index (χ1n) is 9.34. The molecular formula is C20H20ClN3O3S2. The van der Waals surface area contributed by atoms with Gasteiger partial charge in [0.15, 0.2) is 0 Å². The average Bonchev–Trinajstić information content (AvgIpc) is 3.47. The molecule has 0 saturated carbocycles. The first kappa shape index (κ1) is 20.1. The summed E-state index contributed by atoms with van der Waals surface area (Å²) in [5, 5.41) is 3.72. The summed E-state index contributed by atoms with van der Waals surface area (Å²) in [5.41, 5.74) is 0.734. The van der Waals surface area contributed by atoms with Crippen molar-refractivity contribution >= 4 is 46.1 Å². The Kier molecular flexibility index (Phi) is 6.03. The topological polar surface area (TPSA) is 75.4 Å². The number of hydrogen-bond acceptors (Lipinski definition) is 6. The molecule has 0 aromatic carbocycles. The quantitative estimate of drug-likeness (QED) is 0.617. The van der Waals surface area contributed by atoms with Crippen LogP contribution in [0.15, 0.2) is 34.9 Å². The van der Waals surface area contributed by atoms with Gasteiger partial charge in [-0.2, -0.15) is 0 Å². The lowest BCUT2D eigenvalue weighted by atomic mass is 9.95. The normalized spacial score (nSPS) is 14.9. The van der Waals surface area contributed by atoms with Gasteiger partial charge in [0, 0.05) is 19.0 Å². The van der Waals surface area contributed by atoms with E-state index in [1.165, 1.54) is 22.7 Å². The molecular weight excluding hydrogens is 430 g/mol. The molecule has 0 spiro atoms. The zero-order valence-corrected chi connectivity index (χ0v) is 18.2. The lowest BCUT2D eigenvalue weighted by Gasteiger charge is -2.31.